The fraction of sp³-hybridized carbons (Fsp3) is 0.429. The molecule has 9 heteroatoms. The Bertz CT molecular complexity index is 590. The van der Waals surface area contributed by atoms with Crippen molar-refractivity contribution < 1.29 is 9.57 Å². The summed E-state index contributed by atoms with van der Waals surface area (Å²) in [5, 5.41) is 1.44. The third-order valence-electron chi connectivity index (χ3n) is 3.01. The van der Waals surface area contributed by atoms with Gasteiger partial charge in [-0.15, -0.1) is 17.0 Å². The fourth-order valence-electron chi connectivity index (χ4n) is 2.03. The van der Waals surface area contributed by atoms with Crippen molar-refractivity contribution in [3.63, 3.8) is 0 Å². The number of hydrogen-bond acceptors (Lipinski definition) is 8. The summed E-state index contributed by atoms with van der Waals surface area (Å²) in [6, 6.07) is 7.35. The lowest BCUT2D eigenvalue weighted by Gasteiger charge is -2.36. The van der Waals surface area contributed by atoms with E-state index in [4.69, 9.17) is 26.8 Å². The molecule has 0 saturated carbocycles. The maximum absolute atomic E-state index is 5.81. The lowest BCUT2D eigenvalue weighted by Crippen LogP contribution is -2.53. The number of anilines is 1. The van der Waals surface area contributed by atoms with Crippen molar-refractivity contribution in [2.45, 2.75) is 25.9 Å². The van der Waals surface area contributed by atoms with Gasteiger partial charge in [-0.3, -0.25) is 4.84 Å². The molecule has 23 heavy (non-hydrogen) atoms. The predicted octanol–water partition coefficient (Wildman–Crippen LogP) is 1.23. The molecule has 0 spiro atoms. The Morgan fingerprint density at radius 1 is 1.13 bits per heavy atom. The average Bonchev–Trinajstić information content (AvgIpc) is 2.42. The molecular weight excluding hydrogens is 364 g/mol. The molecule has 0 amide bonds. The monoisotopic (exact) mass is 386 g/mol. The molecule has 0 fully saturated rings. The van der Waals surface area contributed by atoms with E-state index in [1.807, 2.05) is 32.0 Å². The summed E-state index contributed by atoms with van der Waals surface area (Å²) < 4.78 is 5.59. The van der Waals surface area contributed by atoms with E-state index >= 15 is 0 Å². The summed E-state index contributed by atoms with van der Waals surface area (Å²) in [5.41, 5.74) is 17.1. The Morgan fingerprint density at radius 3 is 2.48 bits per heavy atom. The standard InChI is InChI=1S/C14H22N6O2.BrH/c1-14(2)19-12(16)18-13(17)20(14)22-9-5-8-21-11-7-4-3-6-10(11)15;/h3-4,6-7H,5,8-9,15H2,1-2H3,(H4,16,17,18,19);1H. The number of aliphatic imine (C=N–C) groups is 2. The molecule has 2 rings (SSSR count). The third kappa shape index (κ3) is 5.00. The molecule has 8 nitrogen and oxygen atoms in total. The van der Waals surface area contributed by atoms with Gasteiger partial charge in [0.25, 0.3) is 0 Å². The minimum Gasteiger partial charge on any atom is -0.491 e. The van der Waals surface area contributed by atoms with Crippen LogP contribution in [0.25, 0.3) is 0 Å². The highest BCUT2D eigenvalue weighted by molar-refractivity contribution is 8.93. The van der Waals surface area contributed by atoms with Crippen molar-refractivity contribution in [2.75, 3.05) is 18.9 Å². The first-order valence-electron chi connectivity index (χ1n) is 7.00. The van der Waals surface area contributed by atoms with Crippen LogP contribution in [0.2, 0.25) is 0 Å². The van der Waals surface area contributed by atoms with Gasteiger partial charge in [0, 0.05) is 6.42 Å². The molecule has 1 heterocycles. The fourth-order valence-corrected chi connectivity index (χ4v) is 2.03. The van der Waals surface area contributed by atoms with Gasteiger partial charge < -0.3 is 21.9 Å². The average molecular weight is 387 g/mol. The Balaban J connectivity index is 0.00000264. The molecule has 1 aliphatic rings. The molecule has 1 aliphatic heterocycles. The number of hydroxylamine groups is 2. The molecular formula is C14H23BrN6O2. The number of guanidine groups is 2. The van der Waals surface area contributed by atoms with Crippen LogP contribution in [0.4, 0.5) is 5.69 Å². The number of ether oxygens (including phenoxy) is 1. The van der Waals surface area contributed by atoms with Gasteiger partial charge in [0.2, 0.25) is 11.9 Å². The van der Waals surface area contributed by atoms with E-state index in [9.17, 15) is 0 Å². The van der Waals surface area contributed by atoms with Gasteiger partial charge >= 0.3 is 0 Å². The maximum Gasteiger partial charge on any atom is 0.226 e. The number of nitrogen functional groups attached to an aromatic ring is 1. The van der Waals surface area contributed by atoms with Crippen molar-refractivity contribution in [1.82, 2.24) is 5.06 Å². The van der Waals surface area contributed by atoms with Crippen LogP contribution in [-0.2, 0) is 4.84 Å². The molecule has 1 aromatic rings. The van der Waals surface area contributed by atoms with E-state index in [-0.39, 0.29) is 28.9 Å². The largest absolute Gasteiger partial charge is 0.491 e. The molecule has 0 radical (unpaired) electrons. The Hall–Kier alpha value is -2.00. The molecule has 0 unspecified atom stereocenters. The molecule has 1 aromatic carbocycles. The van der Waals surface area contributed by atoms with E-state index in [0.29, 0.717) is 31.1 Å². The molecule has 0 saturated heterocycles. The summed E-state index contributed by atoms with van der Waals surface area (Å²) in [4.78, 5) is 13.7. The van der Waals surface area contributed by atoms with Crippen molar-refractivity contribution in [3.05, 3.63) is 24.3 Å². The zero-order chi connectivity index (χ0) is 16.2. The topological polar surface area (TPSA) is 124 Å². The lowest BCUT2D eigenvalue weighted by atomic mass is 10.2. The van der Waals surface area contributed by atoms with Crippen molar-refractivity contribution >= 4 is 34.6 Å². The summed E-state index contributed by atoms with van der Waals surface area (Å²) >= 11 is 0. The van der Waals surface area contributed by atoms with Crippen LogP contribution < -0.4 is 21.9 Å². The molecule has 128 valence electrons. The number of hydrogen-bond donors (Lipinski definition) is 3. The van der Waals surface area contributed by atoms with Crippen molar-refractivity contribution in [2.24, 2.45) is 21.5 Å². The quantitative estimate of drug-likeness (QED) is 0.498. The predicted molar refractivity (Wildman–Crippen MR) is 96.4 cm³/mol. The van der Waals surface area contributed by atoms with E-state index in [0.717, 1.165) is 0 Å². The second-order valence-corrected chi connectivity index (χ2v) is 5.30. The first-order chi connectivity index (χ1) is 10.4. The van der Waals surface area contributed by atoms with Crippen molar-refractivity contribution in [1.29, 1.82) is 0 Å². The maximum atomic E-state index is 5.81. The van der Waals surface area contributed by atoms with Crippen LogP contribution in [0.15, 0.2) is 34.3 Å². The summed E-state index contributed by atoms with van der Waals surface area (Å²) in [5.74, 6) is 0.996. The van der Waals surface area contributed by atoms with Crippen LogP contribution in [0.3, 0.4) is 0 Å². The zero-order valence-electron chi connectivity index (χ0n) is 13.2. The Kier molecular flexibility index (Phi) is 6.64. The van der Waals surface area contributed by atoms with Gasteiger partial charge in [-0.1, -0.05) is 12.1 Å². The lowest BCUT2D eigenvalue weighted by molar-refractivity contribution is -0.158. The second kappa shape index (κ2) is 8.02. The molecule has 0 aromatic heterocycles. The highest BCUT2D eigenvalue weighted by Crippen LogP contribution is 2.21. The van der Waals surface area contributed by atoms with Crippen LogP contribution in [0.1, 0.15) is 20.3 Å². The van der Waals surface area contributed by atoms with Crippen LogP contribution in [0.5, 0.6) is 5.75 Å². The number of nitrogens with zero attached hydrogens (tertiary/aromatic N) is 3. The number of para-hydroxylation sites is 2. The van der Waals surface area contributed by atoms with Crippen molar-refractivity contribution in [3.8, 4) is 5.75 Å². The van der Waals surface area contributed by atoms with Crippen LogP contribution >= 0.6 is 17.0 Å². The van der Waals surface area contributed by atoms with Gasteiger partial charge in [-0.2, -0.15) is 10.1 Å². The first-order valence-corrected chi connectivity index (χ1v) is 7.00. The molecule has 0 aliphatic carbocycles. The molecule has 0 bridgehead atoms. The first kappa shape index (κ1) is 19.0. The van der Waals surface area contributed by atoms with Crippen LogP contribution in [-0.4, -0.2) is 35.9 Å². The van der Waals surface area contributed by atoms with Gasteiger partial charge in [0.1, 0.15) is 5.75 Å². The van der Waals surface area contributed by atoms with E-state index in [1.54, 1.807) is 6.07 Å². The zero-order valence-corrected chi connectivity index (χ0v) is 14.9. The highest BCUT2D eigenvalue weighted by atomic mass is 79.9. The molecule has 6 N–H and O–H groups in total. The van der Waals surface area contributed by atoms with Crippen LogP contribution in [0, 0.1) is 0 Å². The normalized spacial score (nSPS) is 16.2. The van der Waals surface area contributed by atoms with Gasteiger partial charge in [0.15, 0.2) is 5.66 Å². The van der Waals surface area contributed by atoms with E-state index < -0.39 is 5.66 Å². The SMILES string of the molecule is Br.CC1(C)N=C(N)N=C(N)N1OCCCOc1ccccc1N. The van der Waals surface area contributed by atoms with Gasteiger partial charge in [-0.05, 0) is 26.0 Å². The minimum absolute atomic E-state index is 0. The smallest absolute Gasteiger partial charge is 0.226 e. The Morgan fingerprint density at radius 2 is 1.83 bits per heavy atom. The minimum atomic E-state index is -0.694. The van der Waals surface area contributed by atoms with E-state index in [1.165, 1.54) is 5.06 Å². The second-order valence-electron chi connectivity index (χ2n) is 5.30. The number of halogens is 1. The van der Waals surface area contributed by atoms with Gasteiger partial charge in [0.05, 0.1) is 18.9 Å². The summed E-state index contributed by atoms with van der Waals surface area (Å²) in [6.07, 6.45) is 0.660. The van der Waals surface area contributed by atoms with Gasteiger partial charge in [-0.25, -0.2) is 4.99 Å². The Labute approximate surface area is 146 Å². The molecule has 0 atom stereocenters. The summed E-state index contributed by atoms with van der Waals surface area (Å²) in [7, 11) is 0. The van der Waals surface area contributed by atoms with E-state index in [2.05, 4.69) is 9.98 Å². The summed E-state index contributed by atoms with van der Waals surface area (Å²) in [6.45, 7) is 4.55. The number of benzene rings is 1. The number of rotatable bonds is 6. The highest BCUT2D eigenvalue weighted by Gasteiger charge is 2.32. The number of nitrogens with two attached hydrogens (primary N) is 3. The third-order valence-corrected chi connectivity index (χ3v) is 3.01.